The van der Waals surface area contributed by atoms with Crippen molar-refractivity contribution in [1.29, 1.82) is 0 Å². The van der Waals surface area contributed by atoms with E-state index in [0.29, 0.717) is 23.2 Å². The number of rotatable bonds is 7. The van der Waals surface area contributed by atoms with Crippen LogP contribution in [0.4, 0.5) is 5.69 Å². The highest BCUT2D eigenvalue weighted by Crippen LogP contribution is 2.29. The van der Waals surface area contributed by atoms with Crippen LogP contribution in [-0.2, 0) is 0 Å². The summed E-state index contributed by atoms with van der Waals surface area (Å²) in [5.41, 5.74) is 2.57. The topological polar surface area (TPSA) is 67.9 Å². The molecule has 0 atom stereocenters. The molecule has 140 valence electrons. The van der Waals surface area contributed by atoms with E-state index in [9.17, 15) is 5.11 Å². The minimum atomic E-state index is -0.281. The molecule has 1 heterocycles. The van der Waals surface area contributed by atoms with Crippen LogP contribution < -0.4 is 4.74 Å². The summed E-state index contributed by atoms with van der Waals surface area (Å²) in [4.78, 5) is 8.66. The number of oxazole rings is 1. The molecule has 0 unspecified atom stereocenters. The maximum absolute atomic E-state index is 10.0. The summed E-state index contributed by atoms with van der Waals surface area (Å²) in [6.07, 6.45) is 3.57. The van der Waals surface area contributed by atoms with Crippen LogP contribution in [0.3, 0.4) is 0 Å². The van der Waals surface area contributed by atoms with Crippen LogP contribution in [0.25, 0.3) is 11.5 Å². The lowest BCUT2D eigenvalue weighted by Gasteiger charge is -2.05. The van der Waals surface area contributed by atoms with Gasteiger partial charge in [-0.05, 0) is 55.3 Å². The minimum Gasteiger partial charge on any atom is -0.494 e. The predicted octanol–water partition coefficient (Wildman–Crippen LogP) is 5.94. The molecule has 0 saturated heterocycles. The summed E-state index contributed by atoms with van der Waals surface area (Å²) >= 11 is 6.10. The van der Waals surface area contributed by atoms with Crippen molar-refractivity contribution in [3.63, 3.8) is 0 Å². The van der Waals surface area contributed by atoms with Crippen LogP contribution in [0.1, 0.15) is 31.0 Å². The number of aromatic hydroxyl groups is 1. The van der Waals surface area contributed by atoms with Gasteiger partial charge in [0, 0.05) is 10.6 Å². The molecule has 0 radical (unpaired) electrons. The largest absolute Gasteiger partial charge is 0.494 e. The minimum absolute atomic E-state index is 0.257. The first-order valence-electron chi connectivity index (χ1n) is 8.80. The van der Waals surface area contributed by atoms with Gasteiger partial charge in [0.2, 0.25) is 5.89 Å². The Hall–Kier alpha value is -2.79. The van der Waals surface area contributed by atoms with Crippen LogP contribution in [0.5, 0.6) is 11.7 Å². The zero-order chi connectivity index (χ0) is 19.2. The van der Waals surface area contributed by atoms with Gasteiger partial charge in [-0.2, -0.15) is 0 Å². The van der Waals surface area contributed by atoms with Crippen molar-refractivity contribution in [2.45, 2.75) is 26.7 Å². The molecule has 6 heteroatoms. The van der Waals surface area contributed by atoms with E-state index in [1.807, 2.05) is 43.3 Å². The van der Waals surface area contributed by atoms with E-state index < -0.39 is 0 Å². The van der Waals surface area contributed by atoms with E-state index in [-0.39, 0.29) is 11.6 Å². The molecular formula is C21H21ClN2O3. The number of benzene rings is 2. The van der Waals surface area contributed by atoms with Gasteiger partial charge in [0.15, 0.2) is 5.69 Å². The van der Waals surface area contributed by atoms with Crippen molar-refractivity contribution in [3.05, 3.63) is 58.7 Å². The zero-order valence-electron chi connectivity index (χ0n) is 15.3. The lowest BCUT2D eigenvalue weighted by Crippen LogP contribution is -1.95. The molecule has 3 rings (SSSR count). The number of ether oxygens (including phenoxy) is 1. The highest BCUT2D eigenvalue weighted by molar-refractivity contribution is 6.31. The summed E-state index contributed by atoms with van der Waals surface area (Å²) in [5.74, 6) is 0.828. The molecule has 0 amide bonds. The maximum atomic E-state index is 10.0. The summed E-state index contributed by atoms with van der Waals surface area (Å²) < 4.78 is 11.0. The molecule has 2 aromatic carbocycles. The third-order valence-corrected chi connectivity index (χ3v) is 4.48. The summed E-state index contributed by atoms with van der Waals surface area (Å²) in [6.45, 7) is 4.70. The average molecular weight is 385 g/mol. The molecule has 0 bridgehead atoms. The Labute approximate surface area is 163 Å². The SMILES string of the molecule is CCCCOc1ccc(-c2nc(C=Nc3cccc(Cl)c3C)c(O)o2)cc1. The van der Waals surface area contributed by atoms with Crippen LogP contribution in [-0.4, -0.2) is 22.9 Å². The lowest BCUT2D eigenvalue weighted by atomic mass is 10.2. The zero-order valence-corrected chi connectivity index (χ0v) is 16.0. The molecule has 5 nitrogen and oxygen atoms in total. The van der Waals surface area contributed by atoms with E-state index >= 15 is 0 Å². The van der Waals surface area contributed by atoms with Crippen LogP contribution >= 0.6 is 11.6 Å². The van der Waals surface area contributed by atoms with Crippen LogP contribution in [0.2, 0.25) is 5.02 Å². The second-order valence-corrected chi connectivity index (χ2v) is 6.49. The number of nitrogens with zero attached hydrogens (tertiary/aromatic N) is 2. The second kappa shape index (κ2) is 8.73. The van der Waals surface area contributed by atoms with E-state index in [1.165, 1.54) is 6.21 Å². The molecule has 0 aliphatic heterocycles. The molecule has 0 fully saturated rings. The number of halogens is 1. The predicted molar refractivity (Wildman–Crippen MR) is 107 cm³/mol. The number of aromatic nitrogens is 1. The third-order valence-electron chi connectivity index (χ3n) is 4.07. The van der Waals surface area contributed by atoms with E-state index in [0.717, 1.165) is 29.7 Å². The first kappa shape index (κ1) is 19.0. The van der Waals surface area contributed by atoms with Crippen molar-refractivity contribution in [2.75, 3.05) is 6.61 Å². The maximum Gasteiger partial charge on any atom is 0.312 e. The van der Waals surface area contributed by atoms with Crippen molar-refractivity contribution >= 4 is 23.5 Å². The van der Waals surface area contributed by atoms with Crippen molar-refractivity contribution < 1.29 is 14.3 Å². The standard InChI is InChI=1S/C21H21ClN2O3/c1-3-4-12-26-16-10-8-15(9-11-16)20-24-19(21(25)27-20)13-23-18-7-5-6-17(22)14(18)2/h5-11,13,25H,3-4,12H2,1-2H3. The van der Waals surface area contributed by atoms with Crippen LogP contribution in [0.15, 0.2) is 51.9 Å². The lowest BCUT2D eigenvalue weighted by molar-refractivity contribution is 0.309. The highest BCUT2D eigenvalue weighted by atomic mass is 35.5. The van der Waals surface area contributed by atoms with Gasteiger partial charge in [-0.1, -0.05) is 31.0 Å². The summed E-state index contributed by atoms with van der Waals surface area (Å²) in [5, 5.41) is 10.7. The van der Waals surface area contributed by atoms with Gasteiger partial charge in [0.25, 0.3) is 0 Å². The fraction of sp³-hybridized carbons (Fsp3) is 0.238. The summed E-state index contributed by atoms with van der Waals surface area (Å²) in [6, 6.07) is 12.9. The van der Waals surface area contributed by atoms with E-state index in [4.69, 9.17) is 20.8 Å². The van der Waals surface area contributed by atoms with Gasteiger partial charge in [-0.25, -0.2) is 4.98 Å². The Morgan fingerprint density at radius 2 is 2.00 bits per heavy atom. The molecular weight excluding hydrogens is 364 g/mol. The fourth-order valence-corrected chi connectivity index (χ4v) is 2.60. The Kier molecular flexibility index (Phi) is 6.14. The van der Waals surface area contributed by atoms with Crippen molar-refractivity contribution in [1.82, 2.24) is 4.98 Å². The highest BCUT2D eigenvalue weighted by Gasteiger charge is 2.13. The molecule has 1 aromatic heterocycles. The first-order chi connectivity index (χ1) is 13.1. The second-order valence-electron chi connectivity index (χ2n) is 6.08. The Balaban J connectivity index is 1.76. The van der Waals surface area contributed by atoms with Gasteiger partial charge >= 0.3 is 5.95 Å². The normalized spacial score (nSPS) is 11.2. The molecule has 0 spiro atoms. The molecule has 27 heavy (non-hydrogen) atoms. The van der Waals surface area contributed by atoms with Gasteiger partial charge in [0.05, 0.1) is 18.5 Å². The Morgan fingerprint density at radius 3 is 2.74 bits per heavy atom. The molecule has 3 aromatic rings. The van der Waals surface area contributed by atoms with Gasteiger partial charge in [-0.3, -0.25) is 4.99 Å². The van der Waals surface area contributed by atoms with Crippen molar-refractivity contribution in [2.24, 2.45) is 4.99 Å². The number of hydrogen-bond acceptors (Lipinski definition) is 5. The molecule has 0 aliphatic carbocycles. The summed E-state index contributed by atoms with van der Waals surface area (Å²) in [7, 11) is 0. The average Bonchev–Trinajstić information content (AvgIpc) is 3.04. The van der Waals surface area contributed by atoms with E-state index in [1.54, 1.807) is 6.07 Å². The van der Waals surface area contributed by atoms with Crippen LogP contribution in [0, 0.1) is 6.92 Å². The van der Waals surface area contributed by atoms with Gasteiger partial charge in [-0.15, -0.1) is 0 Å². The fourth-order valence-electron chi connectivity index (χ4n) is 2.43. The number of aliphatic imine (C=N–C) groups is 1. The smallest absolute Gasteiger partial charge is 0.312 e. The van der Waals surface area contributed by atoms with E-state index in [2.05, 4.69) is 16.9 Å². The van der Waals surface area contributed by atoms with Gasteiger partial charge < -0.3 is 14.3 Å². The molecule has 1 N–H and O–H groups in total. The van der Waals surface area contributed by atoms with Crippen molar-refractivity contribution in [3.8, 4) is 23.1 Å². The third kappa shape index (κ3) is 4.68. The number of unbranched alkanes of at least 4 members (excludes halogenated alkanes) is 1. The molecule has 0 saturated carbocycles. The Morgan fingerprint density at radius 1 is 1.22 bits per heavy atom. The Bertz CT molecular complexity index is 933. The quantitative estimate of drug-likeness (QED) is 0.404. The first-order valence-corrected chi connectivity index (χ1v) is 9.18. The molecule has 0 aliphatic rings. The monoisotopic (exact) mass is 384 g/mol. The number of hydrogen-bond donors (Lipinski definition) is 1. The van der Waals surface area contributed by atoms with Gasteiger partial charge in [0.1, 0.15) is 5.75 Å².